The molecule has 0 atom stereocenters. The topological polar surface area (TPSA) is 79.2 Å². The van der Waals surface area contributed by atoms with Gasteiger partial charge in [-0.25, -0.2) is 0 Å². The van der Waals surface area contributed by atoms with Crippen LogP contribution in [0.4, 0.5) is 0 Å². The predicted octanol–water partition coefficient (Wildman–Crippen LogP) is 6.69. The molecule has 0 unspecified atom stereocenters. The number of para-hydroxylation sites is 2. The number of methoxy groups -OCH3 is 2. The molecule has 0 amide bonds. The zero-order chi connectivity index (χ0) is 22.7. The van der Waals surface area contributed by atoms with Gasteiger partial charge in [0.15, 0.2) is 11.5 Å². The summed E-state index contributed by atoms with van der Waals surface area (Å²) in [4.78, 5) is 30.1. The number of hydrogen-bond acceptors (Lipinski definition) is 5. The number of unbranched alkanes of at least 4 members (excludes halogenated alkanes) is 10. The van der Waals surface area contributed by atoms with Crippen molar-refractivity contribution in [1.82, 2.24) is 0 Å². The van der Waals surface area contributed by atoms with Crippen molar-refractivity contribution in [2.24, 2.45) is 0 Å². The van der Waals surface area contributed by atoms with Crippen LogP contribution < -0.4 is 9.47 Å². The van der Waals surface area contributed by atoms with Gasteiger partial charge in [-0.2, -0.15) is 0 Å². The van der Waals surface area contributed by atoms with E-state index in [2.05, 4.69) is 13.8 Å². The predicted molar refractivity (Wildman–Crippen MR) is 130 cm³/mol. The van der Waals surface area contributed by atoms with Crippen molar-refractivity contribution in [3.05, 3.63) is 24.3 Å². The van der Waals surface area contributed by atoms with Crippen LogP contribution in [0.2, 0.25) is 0 Å². The molecule has 6 heteroatoms. The fraction of sp³-hybridized carbons (Fsp3) is 0.750. The maximum Gasteiger partial charge on any atom is 0.160 e. The van der Waals surface area contributed by atoms with Crippen LogP contribution in [0.1, 0.15) is 90.9 Å². The Balaban J connectivity index is 0.000000696. The molecule has 0 bridgehead atoms. The van der Waals surface area contributed by atoms with Crippen molar-refractivity contribution < 1.29 is 24.2 Å². The maximum absolute atomic E-state index is 10.0. The largest absolute Gasteiger partial charge is 0.493 e. The van der Waals surface area contributed by atoms with Crippen molar-refractivity contribution in [3.63, 3.8) is 0 Å². The first-order chi connectivity index (χ1) is 14.3. The van der Waals surface area contributed by atoms with Gasteiger partial charge in [-0.05, 0) is 12.1 Å². The standard InChI is InChI=1S/C16H37O3P.C8H10O2/c1-3-5-7-9-11-13-15-20(17,18,19)16-14-12-10-8-6-4-2;1-9-7-5-3-4-6-8(7)10-2/h17-19H,3-16H2,1-2H3;3-6H,1-2H3. The van der Waals surface area contributed by atoms with Gasteiger partial charge < -0.3 is 9.47 Å². The van der Waals surface area contributed by atoms with Crippen molar-refractivity contribution >= 4 is 7.28 Å². The van der Waals surface area contributed by atoms with Crippen molar-refractivity contribution in [2.75, 3.05) is 26.5 Å². The Bertz CT molecular complexity index is 485. The summed E-state index contributed by atoms with van der Waals surface area (Å²) < 4.78 is 10.0. The Morgan fingerprint density at radius 3 is 1.27 bits per heavy atom. The van der Waals surface area contributed by atoms with Crippen LogP contribution in [0.15, 0.2) is 24.3 Å². The monoisotopic (exact) mass is 446 g/mol. The third-order valence-corrected chi connectivity index (χ3v) is 7.69. The number of rotatable bonds is 16. The molecule has 30 heavy (non-hydrogen) atoms. The van der Waals surface area contributed by atoms with E-state index in [-0.39, 0.29) is 12.3 Å². The van der Waals surface area contributed by atoms with Crippen molar-refractivity contribution in [3.8, 4) is 11.5 Å². The molecule has 0 aliphatic carbocycles. The first-order valence-corrected chi connectivity index (χ1v) is 14.2. The van der Waals surface area contributed by atoms with Gasteiger partial charge in [0.1, 0.15) is 0 Å². The van der Waals surface area contributed by atoms with Gasteiger partial charge in [-0.1, -0.05) is 12.1 Å². The van der Waals surface area contributed by atoms with E-state index in [9.17, 15) is 14.7 Å². The molecule has 5 nitrogen and oxygen atoms in total. The summed E-state index contributed by atoms with van der Waals surface area (Å²) in [6.45, 7) is 4.37. The molecule has 0 aliphatic heterocycles. The van der Waals surface area contributed by atoms with Crippen LogP contribution in [-0.4, -0.2) is 41.2 Å². The summed E-state index contributed by atoms with van der Waals surface area (Å²) in [7, 11) is -1.06. The molecule has 1 aromatic carbocycles. The van der Waals surface area contributed by atoms with E-state index in [0.717, 1.165) is 50.0 Å². The molecule has 0 radical (unpaired) electrons. The second-order valence-electron chi connectivity index (χ2n) is 8.18. The summed E-state index contributed by atoms with van der Waals surface area (Å²) >= 11 is 0. The molecule has 0 fully saturated rings. The van der Waals surface area contributed by atoms with Crippen LogP contribution >= 0.6 is 7.28 Å². The average Bonchev–Trinajstić information content (AvgIpc) is 2.73. The molecule has 0 spiro atoms. The van der Waals surface area contributed by atoms with Gasteiger partial charge in [0.05, 0.1) is 14.2 Å². The molecule has 0 saturated heterocycles. The third kappa shape index (κ3) is 15.9. The van der Waals surface area contributed by atoms with Crippen LogP contribution in [0, 0.1) is 0 Å². The summed E-state index contributed by atoms with van der Waals surface area (Å²) in [5.74, 6) is 1.54. The molecular weight excluding hydrogens is 399 g/mol. The molecular formula is C24H47O5P. The van der Waals surface area contributed by atoms with Gasteiger partial charge in [-0.15, -0.1) is 0 Å². The molecule has 0 heterocycles. The Morgan fingerprint density at radius 1 is 0.600 bits per heavy atom. The van der Waals surface area contributed by atoms with Gasteiger partial charge >= 0.3 is 125 Å². The molecule has 0 aliphatic rings. The number of hydrogen-bond donors (Lipinski definition) is 3. The minimum absolute atomic E-state index is 0.201. The van der Waals surface area contributed by atoms with Gasteiger partial charge in [0.2, 0.25) is 0 Å². The minimum atomic E-state index is -4.31. The molecule has 178 valence electrons. The van der Waals surface area contributed by atoms with Crippen LogP contribution in [0.5, 0.6) is 11.5 Å². The maximum atomic E-state index is 10.0. The normalized spacial score (nSPS) is 12.4. The molecule has 0 aromatic heterocycles. The molecule has 0 saturated carbocycles. The zero-order valence-electron chi connectivity index (χ0n) is 19.8. The fourth-order valence-electron chi connectivity index (χ4n) is 3.33. The van der Waals surface area contributed by atoms with Crippen LogP contribution in [0.3, 0.4) is 0 Å². The van der Waals surface area contributed by atoms with Gasteiger partial charge in [0.25, 0.3) is 0 Å². The number of ether oxygens (including phenoxy) is 2. The van der Waals surface area contributed by atoms with Gasteiger partial charge in [0, 0.05) is 0 Å². The summed E-state index contributed by atoms with van der Waals surface area (Å²) in [6, 6.07) is 7.53. The van der Waals surface area contributed by atoms with E-state index < -0.39 is 7.28 Å². The summed E-state index contributed by atoms with van der Waals surface area (Å²) in [5.41, 5.74) is 0. The van der Waals surface area contributed by atoms with Crippen LogP contribution in [-0.2, 0) is 0 Å². The van der Waals surface area contributed by atoms with E-state index in [1.807, 2.05) is 24.3 Å². The Kier molecular flexibility index (Phi) is 16.3. The van der Waals surface area contributed by atoms with Gasteiger partial charge in [-0.3, -0.25) is 0 Å². The second kappa shape index (κ2) is 16.8. The van der Waals surface area contributed by atoms with Crippen molar-refractivity contribution in [1.29, 1.82) is 0 Å². The fourth-order valence-corrected chi connectivity index (χ4v) is 5.30. The Labute approximate surface area is 185 Å². The third-order valence-electron chi connectivity index (χ3n) is 5.23. The zero-order valence-corrected chi connectivity index (χ0v) is 20.7. The average molecular weight is 447 g/mol. The molecule has 3 N–H and O–H groups in total. The molecule has 1 rings (SSSR count). The van der Waals surface area contributed by atoms with E-state index in [1.54, 1.807) is 14.2 Å². The van der Waals surface area contributed by atoms with E-state index in [4.69, 9.17) is 9.47 Å². The summed E-state index contributed by atoms with van der Waals surface area (Å²) in [5, 5.41) is 0. The van der Waals surface area contributed by atoms with E-state index in [1.165, 1.54) is 38.5 Å². The minimum Gasteiger partial charge on any atom is -0.493 e. The second-order valence-corrected chi connectivity index (χ2v) is 11.8. The van der Waals surface area contributed by atoms with Crippen molar-refractivity contribution in [2.45, 2.75) is 90.9 Å². The van der Waals surface area contributed by atoms with Crippen LogP contribution in [0.25, 0.3) is 0 Å². The Hall–Kier alpha value is -0.870. The SMILES string of the molecule is CCCCCCCCP(O)(O)(O)CCCCCCCC.COc1ccccc1OC. The van der Waals surface area contributed by atoms with E-state index in [0.29, 0.717) is 0 Å². The molecule has 1 aromatic rings. The number of benzene rings is 1. The smallest absolute Gasteiger partial charge is 0.160 e. The quantitative estimate of drug-likeness (QED) is 0.195. The van der Waals surface area contributed by atoms with E-state index >= 15 is 0 Å². The summed E-state index contributed by atoms with van der Waals surface area (Å²) in [6.07, 6.45) is 13.5. The first kappa shape index (κ1) is 29.1. The first-order valence-electron chi connectivity index (χ1n) is 11.7. The Morgan fingerprint density at radius 2 is 0.933 bits per heavy atom.